The van der Waals surface area contributed by atoms with Crippen LogP contribution in [0.4, 0.5) is 10.5 Å². The van der Waals surface area contributed by atoms with Crippen molar-refractivity contribution >= 4 is 27.6 Å². The number of rotatable bonds is 2. The quantitative estimate of drug-likeness (QED) is 0.738. The first kappa shape index (κ1) is 16.5. The van der Waals surface area contributed by atoms with E-state index in [4.69, 9.17) is 4.74 Å². The second-order valence-electron chi connectivity index (χ2n) is 7.25. The van der Waals surface area contributed by atoms with E-state index in [-0.39, 0.29) is 12.1 Å². The molecule has 0 aromatic heterocycles. The topological polar surface area (TPSA) is 41.6 Å². The molecule has 1 unspecified atom stereocenters. The van der Waals surface area contributed by atoms with Crippen LogP contribution in [0.3, 0.4) is 0 Å². The van der Waals surface area contributed by atoms with Gasteiger partial charge in [-0.2, -0.15) is 0 Å². The second-order valence-corrected chi connectivity index (χ2v) is 8.16. The third-order valence-corrected chi connectivity index (χ3v) is 5.54. The van der Waals surface area contributed by atoms with Crippen LogP contribution in [0.1, 0.15) is 50.3 Å². The average molecular weight is 401 g/mol. The monoisotopic (exact) mass is 400 g/mol. The molecule has 4 nitrogen and oxygen atoms in total. The molecule has 2 aliphatic heterocycles. The molecular formula is C20H21BrN2O2. The van der Waals surface area contributed by atoms with E-state index in [2.05, 4.69) is 47.2 Å². The van der Waals surface area contributed by atoms with E-state index < -0.39 is 5.72 Å². The zero-order valence-corrected chi connectivity index (χ0v) is 16.1. The lowest BCUT2D eigenvalue weighted by atomic mass is 9.90. The number of benzene rings is 2. The highest BCUT2D eigenvalue weighted by atomic mass is 79.9. The molecule has 0 saturated carbocycles. The van der Waals surface area contributed by atoms with Gasteiger partial charge in [0.15, 0.2) is 5.72 Å². The van der Waals surface area contributed by atoms with Gasteiger partial charge in [-0.3, -0.25) is 4.90 Å². The number of amides is 2. The van der Waals surface area contributed by atoms with E-state index in [0.29, 0.717) is 12.3 Å². The molecule has 0 aliphatic carbocycles. The number of hydrogen-bond acceptors (Lipinski definition) is 2. The number of halogens is 1. The third-order valence-electron chi connectivity index (χ3n) is 5.05. The maximum absolute atomic E-state index is 12.9. The number of carbonyl (C=O) groups is 1. The number of fused-ring (bicyclic) bond motifs is 4. The van der Waals surface area contributed by atoms with Crippen LogP contribution in [0.25, 0.3) is 0 Å². The van der Waals surface area contributed by atoms with Crippen LogP contribution < -0.4 is 15.0 Å². The van der Waals surface area contributed by atoms with Crippen molar-refractivity contribution in [2.24, 2.45) is 0 Å². The van der Waals surface area contributed by atoms with Gasteiger partial charge in [0.25, 0.3) is 0 Å². The van der Waals surface area contributed by atoms with Gasteiger partial charge < -0.3 is 10.1 Å². The summed E-state index contributed by atoms with van der Waals surface area (Å²) < 4.78 is 7.29. The highest BCUT2D eigenvalue weighted by Gasteiger charge is 2.49. The van der Waals surface area contributed by atoms with Crippen molar-refractivity contribution in [1.82, 2.24) is 5.32 Å². The lowest BCUT2D eigenvalue weighted by Gasteiger charge is -2.50. The van der Waals surface area contributed by atoms with E-state index in [1.807, 2.05) is 37.3 Å². The molecule has 2 bridgehead atoms. The van der Waals surface area contributed by atoms with Gasteiger partial charge in [0.05, 0.1) is 6.04 Å². The van der Waals surface area contributed by atoms with Crippen molar-refractivity contribution in [2.45, 2.75) is 44.9 Å². The summed E-state index contributed by atoms with van der Waals surface area (Å²) in [5.74, 6) is 1.28. The van der Waals surface area contributed by atoms with Crippen LogP contribution in [0.2, 0.25) is 0 Å². The Bertz CT molecular complexity index is 834. The highest BCUT2D eigenvalue weighted by Crippen LogP contribution is 2.46. The van der Waals surface area contributed by atoms with Gasteiger partial charge >= 0.3 is 6.03 Å². The zero-order chi connectivity index (χ0) is 17.8. The van der Waals surface area contributed by atoms with Gasteiger partial charge in [-0.1, -0.05) is 41.9 Å². The summed E-state index contributed by atoms with van der Waals surface area (Å²) in [6, 6.07) is 13.9. The molecule has 2 atom stereocenters. The Kier molecular flexibility index (Phi) is 3.80. The van der Waals surface area contributed by atoms with Crippen LogP contribution in [-0.2, 0) is 0 Å². The number of nitrogens with zero attached hydrogens (tertiary/aromatic N) is 1. The maximum atomic E-state index is 12.9. The number of ether oxygens (including phenoxy) is 1. The number of carbonyl (C=O) groups excluding carboxylic acids is 1. The summed E-state index contributed by atoms with van der Waals surface area (Å²) in [6.07, 6.45) is 0.703. The second kappa shape index (κ2) is 5.77. The molecule has 2 aliphatic rings. The Morgan fingerprint density at radius 3 is 2.64 bits per heavy atom. The van der Waals surface area contributed by atoms with Gasteiger partial charge in [0.1, 0.15) is 5.75 Å². The largest absolute Gasteiger partial charge is 0.467 e. The average Bonchev–Trinajstić information content (AvgIpc) is 2.55. The minimum Gasteiger partial charge on any atom is -0.467 e. The van der Waals surface area contributed by atoms with Gasteiger partial charge in [-0.25, -0.2) is 4.79 Å². The SMILES string of the molecule is CC(C)c1ccc(N2C(=O)NC3C[C@]2(C)Oc2ccc(Br)cc23)cc1. The molecule has 2 aromatic carbocycles. The molecule has 1 N–H and O–H groups in total. The fraction of sp³-hybridized carbons (Fsp3) is 0.350. The van der Waals surface area contributed by atoms with Gasteiger partial charge in [-0.15, -0.1) is 0 Å². The summed E-state index contributed by atoms with van der Waals surface area (Å²) in [4.78, 5) is 14.6. The van der Waals surface area contributed by atoms with E-state index in [1.54, 1.807) is 4.90 Å². The summed E-state index contributed by atoms with van der Waals surface area (Å²) in [7, 11) is 0. The van der Waals surface area contributed by atoms with Crippen molar-refractivity contribution in [3.63, 3.8) is 0 Å². The predicted molar refractivity (Wildman–Crippen MR) is 102 cm³/mol. The lowest BCUT2D eigenvalue weighted by Crippen LogP contribution is -2.65. The predicted octanol–water partition coefficient (Wildman–Crippen LogP) is 5.34. The fourth-order valence-electron chi connectivity index (χ4n) is 3.74. The maximum Gasteiger partial charge on any atom is 0.325 e. The van der Waals surface area contributed by atoms with Crippen LogP contribution >= 0.6 is 15.9 Å². The Labute approximate surface area is 156 Å². The van der Waals surface area contributed by atoms with Gasteiger partial charge in [-0.05, 0) is 48.7 Å². The summed E-state index contributed by atoms with van der Waals surface area (Å²) in [6.45, 7) is 6.31. The summed E-state index contributed by atoms with van der Waals surface area (Å²) in [5.41, 5.74) is 2.43. The van der Waals surface area contributed by atoms with E-state index in [9.17, 15) is 4.79 Å². The molecule has 0 radical (unpaired) electrons. The molecule has 0 spiro atoms. The first-order chi connectivity index (χ1) is 11.9. The first-order valence-corrected chi connectivity index (χ1v) is 9.36. The zero-order valence-electron chi connectivity index (χ0n) is 14.5. The van der Waals surface area contributed by atoms with Crippen molar-refractivity contribution in [3.8, 4) is 5.75 Å². The molecule has 25 heavy (non-hydrogen) atoms. The Hall–Kier alpha value is -2.01. The van der Waals surface area contributed by atoms with Gasteiger partial charge in [0, 0.05) is 22.1 Å². The number of anilines is 1. The molecule has 2 heterocycles. The van der Waals surface area contributed by atoms with Crippen LogP contribution in [0.15, 0.2) is 46.9 Å². The normalized spacial score (nSPS) is 24.6. The van der Waals surface area contributed by atoms with E-state index in [0.717, 1.165) is 21.5 Å². The number of hydrogen-bond donors (Lipinski definition) is 1. The molecular weight excluding hydrogens is 380 g/mol. The van der Waals surface area contributed by atoms with Gasteiger partial charge in [0.2, 0.25) is 0 Å². The molecule has 5 heteroatoms. The Morgan fingerprint density at radius 2 is 1.96 bits per heavy atom. The van der Waals surface area contributed by atoms with Crippen molar-refractivity contribution in [1.29, 1.82) is 0 Å². The lowest BCUT2D eigenvalue weighted by molar-refractivity contribution is 0.0378. The minimum absolute atomic E-state index is 0.0371. The van der Waals surface area contributed by atoms with Crippen LogP contribution in [0, 0.1) is 0 Å². The van der Waals surface area contributed by atoms with Crippen LogP contribution in [0.5, 0.6) is 5.75 Å². The first-order valence-electron chi connectivity index (χ1n) is 8.56. The Balaban J connectivity index is 1.73. The van der Waals surface area contributed by atoms with Crippen molar-refractivity contribution < 1.29 is 9.53 Å². The third kappa shape index (κ3) is 2.71. The standard InChI is InChI=1S/C20H21BrN2O2/c1-12(2)13-4-7-15(8-5-13)23-19(24)22-17-11-20(23,3)25-18-9-6-14(21)10-16(17)18/h4-10,12,17H,11H2,1-3H3,(H,22,24)/t17?,20-/m0/s1. The fourth-order valence-corrected chi connectivity index (χ4v) is 4.12. The number of nitrogens with one attached hydrogen (secondary N) is 1. The summed E-state index contributed by atoms with van der Waals surface area (Å²) in [5, 5.41) is 3.13. The molecule has 130 valence electrons. The van der Waals surface area contributed by atoms with E-state index in [1.165, 1.54) is 5.56 Å². The van der Waals surface area contributed by atoms with Crippen LogP contribution in [-0.4, -0.2) is 11.8 Å². The Morgan fingerprint density at radius 1 is 1.24 bits per heavy atom. The highest BCUT2D eigenvalue weighted by molar-refractivity contribution is 9.10. The smallest absolute Gasteiger partial charge is 0.325 e. The molecule has 1 saturated heterocycles. The van der Waals surface area contributed by atoms with E-state index >= 15 is 0 Å². The summed E-state index contributed by atoms with van der Waals surface area (Å²) >= 11 is 3.50. The molecule has 2 aromatic rings. The molecule has 4 rings (SSSR count). The van der Waals surface area contributed by atoms with Crippen molar-refractivity contribution in [3.05, 3.63) is 58.1 Å². The minimum atomic E-state index is -0.701. The number of urea groups is 1. The van der Waals surface area contributed by atoms with Crippen molar-refractivity contribution in [2.75, 3.05) is 4.90 Å². The molecule has 1 fully saturated rings. The molecule has 2 amide bonds.